The highest BCUT2D eigenvalue weighted by atomic mass is 32.1. The van der Waals surface area contributed by atoms with Gasteiger partial charge in [-0.25, -0.2) is 9.67 Å². The quantitative estimate of drug-likeness (QED) is 0.573. The van der Waals surface area contributed by atoms with Gasteiger partial charge in [-0.1, -0.05) is 23.4 Å². The van der Waals surface area contributed by atoms with Gasteiger partial charge in [-0.2, -0.15) is 0 Å². The highest BCUT2D eigenvalue weighted by Crippen LogP contribution is 2.29. The molecule has 27 heavy (non-hydrogen) atoms. The van der Waals surface area contributed by atoms with E-state index >= 15 is 0 Å². The molecule has 1 amide bonds. The number of para-hydroxylation sites is 1. The standard InChI is InChI=1S/C19H17N5O2S/c1-12-17(18(25)20-11-15-9-6-10-26-15)27-19(21-12)16-13(2)24(23-22-16)14-7-4-3-5-8-14/h3-10H,11H2,1-2H3,(H,20,25). The van der Waals surface area contributed by atoms with Gasteiger partial charge < -0.3 is 9.73 Å². The number of amides is 1. The number of aromatic nitrogens is 4. The predicted octanol–water partition coefficient (Wildman–Crippen LogP) is 3.53. The molecule has 0 radical (unpaired) electrons. The molecule has 0 saturated carbocycles. The van der Waals surface area contributed by atoms with Crippen LogP contribution in [-0.4, -0.2) is 25.9 Å². The van der Waals surface area contributed by atoms with Crippen molar-refractivity contribution in [1.82, 2.24) is 25.3 Å². The molecular formula is C19H17N5O2S. The highest BCUT2D eigenvalue weighted by Gasteiger charge is 2.20. The van der Waals surface area contributed by atoms with Crippen molar-refractivity contribution in [2.24, 2.45) is 0 Å². The van der Waals surface area contributed by atoms with Gasteiger partial charge in [0.15, 0.2) is 0 Å². The minimum absolute atomic E-state index is 0.180. The molecule has 4 rings (SSSR count). The third kappa shape index (κ3) is 3.39. The van der Waals surface area contributed by atoms with Crippen LogP contribution in [0.4, 0.5) is 0 Å². The van der Waals surface area contributed by atoms with Crippen LogP contribution in [0, 0.1) is 13.8 Å². The Bertz CT molecular complexity index is 1070. The van der Waals surface area contributed by atoms with E-state index < -0.39 is 0 Å². The van der Waals surface area contributed by atoms with E-state index in [1.807, 2.05) is 50.2 Å². The molecule has 0 spiro atoms. The number of thiazole rings is 1. The van der Waals surface area contributed by atoms with Crippen molar-refractivity contribution in [3.63, 3.8) is 0 Å². The molecule has 0 aliphatic heterocycles. The molecule has 7 nitrogen and oxygen atoms in total. The number of hydrogen-bond acceptors (Lipinski definition) is 6. The summed E-state index contributed by atoms with van der Waals surface area (Å²) in [7, 11) is 0. The summed E-state index contributed by atoms with van der Waals surface area (Å²) < 4.78 is 7.00. The summed E-state index contributed by atoms with van der Waals surface area (Å²) in [6, 6.07) is 13.4. The number of nitrogens with zero attached hydrogens (tertiary/aromatic N) is 4. The maximum Gasteiger partial charge on any atom is 0.263 e. The van der Waals surface area contributed by atoms with Gasteiger partial charge in [0.1, 0.15) is 21.3 Å². The van der Waals surface area contributed by atoms with Crippen molar-refractivity contribution in [2.45, 2.75) is 20.4 Å². The molecule has 3 aromatic heterocycles. The van der Waals surface area contributed by atoms with Crippen LogP contribution in [-0.2, 0) is 6.54 Å². The van der Waals surface area contributed by atoms with E-state index in [-0.39, 0.29) is 5.91 Å². The Labute approximate surface area is 159 Å². The Kier molecular flexibility index (Phi) is 4.55. The Morgan fingerprint density at radius 1 is 1.19 bits per heavy atom. The van der Waals surface area contributed by atoms with Crippen LogP contribution >= 0.6 is 11.3 Å². The van der Waals surface area contributed by atoms with Crippen molar-refractivity contribution >= 4 is 17.2 Å². The zero-order chi connectivity index (χ0) is 18.8. The Balaban J connectivity index is 1.58. The van der Waals surface area contributed by atoms with Crippen LogP contribution in [0.25, 0.3) is 16.4 Å². The highest BCUT2D eigenvalue weighted by molar-refractivity contribution is 7.17. The summed E-state index contributed by atoms with van der Waals surface area (Å²) in [5.74, 6) is 0.521. The van der Waals surface area contributed by atoms with Crippen LogP contribution in [0.2, 0.25) is 0 Å². The third-order valence-corrected chi connectivity index (χ3v) is 5.27. The predicted molar refractivity (Wildman–Crippen MR) is 102 cm³/mol. The third-order valence-electron chi connectivity index (χ3n) is 4.10. The SMILES string of the molecule is Cc1nc(-c2nnn(-c3ccccc3)c2C)sc1C(=O)NCc1ccco1. The van der Waals surface area contributed by atoms with Gasteiger partial charge >= 0.3 is 0 Å². The van der Waals surface area contributed by atoms with Gasteiger partial charge in [0.25, 0.3) is 5.91 Å². The number of aryl methyl sites for hydroxylation is 1. The first-order chi connectivity index (χ1) is 13.1. The van der Waals surface area contributed by atoms with Gasteiger partial charge in [0.2, 0.25) is 0 Å². The average molecular weight is 379 g/mol. The van der Waals surface area contributed by atoms with Crippen LogP contribution in [0.5, 0.6) is 0 Å². The lowest BCUT2D eigenvalue weighted by Crippen LogP contribution is -2.22. The fourth-order valence-electron chi connectivity index (χ4n) is 2.71. The van der Waals surface area contributed by atoms with Crippen molar-refractivity contribution in [2.75, 3.05) is 0 Å². The smallest absolute Gasteiger partial charge is 0.263 e. The maximum atomic E-state index is 12.5. The number of benzene rings is 1. The van der Waals surface area contributed by atoms with Gasteiger partial charge in [-0.3, -0.25) is 4.79 Å². The number of hydrogen-bond donors (Lipinski definition) is 1. The van der Waals surface area contributed by atoms with E-state index in [0.717, 1.165) is 11.4 Å². The minimum Gasteiger partial charge on any atom is -0.467 e. The summed E-state index contributed by atoms with van der Waals surface area (Å²) in [6.07, 6.45) is 1.58. The second kappa shape index (κ2) is 7.16. The summed E-state index contributed by atoms with van der Waals surface area (Å²) in [6.45, 7) is 4.09. The Morgan fingerprint density at radius 3 is 2.74 bits per heavy atom. The zero-order valence-electron chi connectivity index (χ0n) is 14.8. The fourth-order valence-corrected chi connectivity index (χ4v) is 3.73. The molecular weight excluding hydrogens is 362 g/mol. The van der Waals surface area contributed by atoms with Gasteiger partial charge in [0, 0.05) is 0 Å². The van der Waals surface area contributed by atoms with Crippen LogP contribution in [0.3, 0.4) is 0 Å². The van der Waals surface area contributed by atoms with Crippen molar-refractivity contribution in [3.05, 3.63) is 70.8 Å². The monoisotopic (exact) mass is 379 g/mol. The minimum atomic E-state index is -0.180. The first-order valence-corrected chi connectivity index (χ1v) is 9.21. The first-order valence-electron chi connectivity index (χ1n) is 8.39. The van der Waals surface area contributed by atoms with Crippen LogP contribution in [0.1, 0.15) is 26.8 Å². The molecule has 0 aliphatic carbocycles. The van der Waals surface area contributed by atoms with E-state index in [1.54, 1.807) is 17.0 Å². The molecule has 0 bridgehead atoms. The largest absolute Gasteiger partial charge is 0.467 e. The topological polar surface area (TPSA) is 85.8 Å². The number of furan rings is 1. The zero-order valence-corrected chi connectivity index (χ0v) is 15.7. The number of rotatable bonds is 5. The first kappa shape index (κ1) is 17.2. The fraction of sp³-hybridized carbons (Fsp3) is 0.158. The second-order valence-corrected chi connectivity index (χ2v) is 6.97. The molecule has 0 aliphatic rings. The van der Waals surface area contributed by atoms with E-state index in [9.17, 15) is 4.79 Å². The average Bonchev–Trinajstić information content (AvgIpc) is 3.40. The van der Waals surface area contributed by atoms with Gasteiger partial charge in [-0.05, 0) is 38.1 Å². The van der Waals surface area contributed by atoms with E-state index in [1.165, 1.54) is 11.3 Å². The molecule has 136 valence electrons. The molecule has 0 unspecified atom stereocenters. The summed E-state index contributed by atoms with van der Waals surface area (Å²) >= 11 is 1.31. The number of carbonyl (C=O) groups is 1. The van der Waals surface area contributed by atoms with Crippen LogP contribution in [0.15, 0.2) is 53.1 Å². The molecule has 0 saturated heterocycles. The lowest BCUT2D eigenvalue weighted by molar-refractivity contribution is 0.0951. The molecule has 4 aromatic rings. The number of nitrogens with one attached hydrogen (secondary N) is 1. The molecule has 3 heterocycles. The maximum absolute atomic E-state index is 12.5. The van der Waals surface area contributed by atoms with Crippen LogP contribution < -0.4 is 5.32 Å². The molecule has 1 aromatic carbocycles. The van der Waals surface area contributed by atoms with Gasteiger partial charge in [0.05, 0.1) is 29.9 Å². The van der Waals surface area contributed by atoms with Crippen molar-refractivity contribution < 1.29 is 9.21 Å². The lowest BCUT2D eigenvalue weighted by Gasteiger charge is -2.02. The van der Waals surface area contributed by atoms with E-state index in [0.29, 0.717) is 33.6 Å². The normalized spacial score (nSPS) is 10.9. The van der Waals surface area contributed by atoms with Crippen molar-refractivity contribution in [3.8, 4) is 16.4 Å². The van der Waals surface area contributed by atoms with E-state index in [4.69, 9.17) is 4.42 Å². The second-order valence-electron chi connectivity index (χ2n) is 5.97. The molecule has 1 N–H and O–H groups in total. The lowest BCUT2D eigenvalue weighted by atomic mass is 10.3. The number of carbonyl (C=O) groups excluding carboxylic acids is 1. The summed E-state index contributed by atoms with van der Waals surface area (Å²) in [5.41, 5.74) is 3.15. The summed E-state index contributed by atoms with van der Waals surface area (Å²) in [5, 5.41) is 12.0. The molecule has 0 fully saturated rings. The van der Waals surface area contributed by atoms with E-state index in [2.05, 4.69) is 20.6 Å². The van der Waals surface area contributed by atoms with Crippen molar-refractivity contribution in [1.29, 1.82) is 0 Å². The Hall–Kier alpha value is -3.26. The molecule has 0 atom stereocenters. The van der Waals surface area contributed by atoms with Gasteiger partial charge in [-0.15, -0.1) is 16.4 Å². The summed E-state index contributed by atoms with van der Waals surface area (Å²) in [4.78, 5) is 17.6. The molecule has 8 heteroatoms. The Morgan fingerprint density at radius 2 is 2.00 bits per heavy atom.